The molecule has 0 atom stereocenters. The van der Waals surface area contributed by atoms with Gasteiger partial charge < -0.3 is 9.30 Å². The Morgan fingerprint density at radius 3 is 3.08 bits per heavy atom. The molecule has 68 valence electrons. The van der Waals surface area contributed by atoms with Gasteiger partial charge in [0.05, 0.1) is 13.5 Å². The molecule has 0 N–H and O–H groups in total. The van der Waals surface area contributed by atoms with Crippen LogP contribution in [-0.4, -0.2) is 22.6 Å². The minimum atomic E-state index is -0.519. The number of aryl methyl sites for hydroxylation is 1. The maximum atomic E-state index is 10.6. The van der Waals surface area contributed by atoms with Crippen molar-refractivity contribution in [2.75, 3.05) is 7.11 Å². The van der Waals surface area contributed by atoms with E-state index in [0.717, 1.165) is 5.82 Å². The van der Waals surface area contributed by atoms with Gasteiger partial charge in [0.25, 0.3) is 0 Å². The number of hydrogen-bond donors (Lipinski definition) is 0. The summed E-state index contributed by atoms with van der Waals surface area (Å²) in [6.07, 6.45) is 3.98. The van der Waals surface area contributed by atoms with Crippen LogP contribution < -0.4 is 0 Å². The smallest absolute Gasteiger partial charge is 0.384 e. The van der Waals surface area contributed by atoms with E-state index >= 15 is 0 Å². The summed E-state index contributed by atoms with van der Waals surface area (Å²) in [4.78, 5) is 14.6. The fourth-order valence-electron chi connectivity index (χ4n) is 0.813. The van der Waals surface area contributed by atoms with Gasteiger partial charge in [0.15, 0.2) is 0 Å². The van der Waals surface area contributed by atoms with Gasteiger partial charge in [-0.1, -0.05) is 5.92 Å². The summed E-state index contributed by atoms with van der Waals surface area (Å²) in [5.41, 5.74) is 0. The molecule has 0 unspecified atom stereocenters. The van der Waals surface area contributed by atoms with Crippen molar-refractivity contribution >= 4 is 5.97 Å². The van der Waals surface area contributed by atoms with Gasteiger partial charge in [-0.3, -0.25) is 0 Å². The lowest BCUT2D eigenvalue weighted by Crippen LogP contribution is -1.97. The van der Waals surface area contributed by atoms with E-state index in [2.05, 4.69) is 21.6 Å². The van der Waals surface area contributed by atoms with Crippen molar-refractivity contribution in [3.63, 3.8) is 0 Å². The molecule has 0 fully saturated rings. The highest BCUT2D eigenvalue weighted by Gasteiger charge is 1.95. The molecule has 1 rings (SSSR count). The van der Waals surface area contributed by atoms with Crippen LogP contribution >= 0.6 is 0 Å². The fourth-order valence-corrected chi connectivity index (χ4v) is 0.813. The molecule has 13 heavy (non-hydrogen) atoms. The molecule has 1 aromatic rings. The Bertz CT molecular complexity index is 357. The second-order valence-corrected chi connectivity index (χ2v) is 2.42. The number of hydrogen-bond acceptors (Lipinski definition) is 3. The van der Waals surface area contributed by atoms with Gasteiger partial charge in [0.1, 0.15) is 5.82 Å². The Morgan fingerprint density at radius 2 is 2.54 bits per heavy atom. The molecule has 0 radical (unpaired) electrons. The molecule has 0 aromatic carbocycles. The summed E-state index contributed by atoms with van der Waals surface area (Å²) >= 11 is 0. The monoisotopic (exact) mass is 178 g/mol. The first-order valence-electron chi connectivity index (χ1n) is 3.77. The average Bonchev–Trinajstić information content (AvgIpc) is 2.52. The van der Waals surface area contributed by atoms with Crippen molar-refractivity contribution < 1.29 is 9.53 Å². The molecule has 0 aliphatic carbocycles. The van der Waals surface area contributed by atoms with Crippen LogP contribution in [0, 0.1) is 11.8 Å². The highest BCUT2D eigenvalue weighted by atomic mass is 16.5. The molecule has 4 nitrogen and oxygen atoms in total. The van der Waals surface area contributed by atoms with Crippen LogP contribution in [0.15, 0.2) is 12.4 Å². The van der Waals surface area contributed by atoms with E-state index in [1.165, 1.54) is 7.11 Å². The number of carbonyl (C=O) groups is 1. The molecule has 0 saturated heterocycles. The lowest BCUT2D eigenvalue weighted by Gasteiger charge is -1.93. The number of methoxy groups -OCH3 is 1. The normalized spacial score (nSPS) is 8.77. The molecule has 1 heterocycles. The first-order chi connectivity index (χ1) is 6.24. The van der Waals surface area contributed by atoms with E-state index < -0.39 is 5.97 Å². The molecule has 0 amide bonds. The maximum Gasteiger partial charge on any atom is 0.384 e. The predicted octanol–water partition coefficient (Wildman–Crippen LogP) is 0.139. The average molecular weight is 178 g/mol. The maximum absolute atomic E-state index is 10.6. The topological polar surface area (TPSA) is 44.1 Å². The molecule has 0 bridgehead atoms. The molecule has 0 aliphatic heterocycles. The number of rotatable bonds is 1. The minimum Gasteiger partial charge on any atom is -0.459 e. The largest absolute Gasteiger partial charge is 0.459 e. The van der Waals surface area contributed by atoms with Crippen LogP contribution in [0.3, 0.4) is 0 Å². The number of aromatic nitrogens is 2. The summed E-state index contributed by atoms with van der Waals surface area (Å²) in [5, 5.41) is 0. The van der Waals surface area contributed by atoms with Gasteiger partial charge in [-0.25, -0.2) is 9.78 Å². The number of imidazole rings is 1. The molecule has 0 spiro atoms. The standard InChI is InChI=1S/C9H10N2O2/c1-11-7-6-10-8(11)4-3-5-9(12)13-2/h6-7H,4H2,1-2H3. The summed E-state index contributed by atoms with van der Waals surface area (Å²) in [6.45, 7) is 0. The van der Waals surface area contributed by atoms with Crippen molar-refractivity contribution in [2.45, 2.75) is 6.42 Å². The van der Waals surface area contributed by atoms with Crippen molar-refractivity contribution in [1.82, 2.24) is 9.55 Å². The van der Waals surface area contributed by atoms with Crippen LogP contribution in [0.1, 0.15) is 5.82 Å². The van der Waals surface area contributed by atoms with E-state index in [-0.39, 0.29) is 0 Å². The zero-order chi connectivity index (χ0) is 9.68. The van der Waals surface area contributed by atoms with Gasteiger partial charge in [0, 0.05) is 25.4 Å². The highest BCUT2D eigenvalue weighted by Crippen LogP contribution is 1.93. The first kappa shape index (κ1) is 9.33. The van der Waals surface area contributed by atoms with Crippen molar-refractivity contribution in [2.24, 2.45) is 7.05 Å². The van der Waals surface area contributed by atoms with Gasteiger partial charge in [-0.05, 0) is 0 Å². The second-order valence-electron chi connectivity index (χ2n) is 2.42. The Labute approximate surface area is 76.5 Å². The van der Waals surface area contributed by atoms with Crippen molar-refractivity contribution in [1.29, 1.82) is 0 Å². The van der Waals surface area contributed by atoms with Gasteiger partial charge in [-0.2, -0.15) is 0 Å². The molecule has 0 saturated carbocycles. The summed E-state index contributed by atoms with van der Waals surface area (Å²) in [6, 6.07) is 0. The number of carbonyl (C=O) groups excluding carboxylic acids is 1. The van der Waals surface area contributed by atoms with Crippen LogP contribution in [0.2, 0.25) is 0 Å². The van der Waals surface area contributed by atoms with Gasteiger partial charge in [-0.15, -0.1) is 0 Å². The summed E-state index contributed by atoms with van der Waals surface area (Å²) < 4.78 is 6.21. The predicted molar refractivity (Wildman–Crippen MR) is 46.7 cm³/mol. The third-order valence-electron chi connectivity index (χ3n) is 1.54. The molecule has 0 aliphatic rings. The number of ether oxygens (including phenoxy) is 1. The third-order valence-corrected chi connectivity index (χ3v) is 1.54. The van der Waals surface area contributed by atoms with E-state index in [0.29, 0.717) is 6.42 Å². The van der Waals surface area contributed by atoms with Crippen LogP contribution in [0.25, 0.3) is 0 Å². The van der Waals surface area contributed by atoms with E-state index in [1.54, 1.807) is 6.20 Å². The lowest BCUT2D eigenvalue weighted by molar-refractivity contribution is -0.133. The summed E-state index contributed by atoms with van der Waals surface area (Å²) in [5.74, 6) is 5.32. The zero-order valence-electron chi connectivity index (χ0n) is 7.57. The van der Waals surface area contributed by atoms with E-state index in [9.17, 15) is 4.79 Å². The molecular weight excluding hydrogens is 168 g/mol. The first-order valence-corrected chi connectivity index (χ1v) is 3.77. The van der Waals surface area contributed by atoms with Gasteiger partial charge in [0.2, 0.25) is 0 Å². The number of esters is 1. The Kier molecular flexibility index (Phi) is 3.09. The van der Waals surface area contributed by atoms with Crippen molar-refractivity contribution in [3.8, 4) is 11.8 Å². The highest BCUT2D eigenvalue weighted by molar-refractivity contribution is 5.88. The van der Waals surface area contributed by atoms with Crippen LogP contribution in [0.5, 0.6) is 0 Å². The minimum absolute atomic E-state index is 0.457. The van der Waals surface area contributed by atoms with Crippen molar-refractivity contribution in [3.05, 3.63) is 18.2 Å². The second kappa shape index (κ2) is 4.31. The number of nitrogens with zero attached hydrogens (tertiary/aromatic N) is 2. The molecule has 1 aromatic heterocycles. The van der Waals surface area contributed by atoms with E-state index in [4.69, 9.17) is 0 Å². The van der Waals surface area contributed by atoms with Gasteiger partial charge >= 0.3 is 5.97 Å². The van der Waals surface area contributed by atoms with Crippen LogP contribution in [0.4, 0.5) is 0 Å². The zero-order valence-corrected chi connectivity index (χ0v) is 7.57. The quantitative estimate of drug-likeness (QED) is 0.349. The molecule has 4 heteroatoms. The third kappa shape index (κ3) is 2.64. The Hall–Kier alpha value is -1.76. The summed E-state index contributed by atoms with van der Waals surface area (Å²) in [7, 11) is 3.18. The fraction of sp³-hybridized carbons (Fsp3) is 0.333. The van der Waals surface area contributed by atoms with E-state index in [1.807, 2.05) is 17.8 Å². The van der Waals surface area contributed by atoms with Crippen LogP contribution in [-0.2, 0) is 23.0 Å². The molecular formula is C9H10N2O2. The lowest BCUT2D eigenvalue weighted by atomic mass is 10.4. The Balaban J connectivity index is 2.55. The SMILES string of the molecule is COC(=O)C#CCc1nccn1C. The Morgan fingerprint density at radius 1 is 1.77 bits per heavy atom.